The zero-order valence-corrected chi connectivity index (χ0v) is 21.4. The summed E-state index contributed by atoms with van der Waals surface area (Å²) in [6, 6.07) is 12.3. The number of H-pyrrole nitrogens is 1. The minimum absolute atomic E-state index is 0.185. The molecular formula is C27H30N8O4. The van der Waals surface area contributed by atoms with Crippen LogP contribution in [0, 0.1) is 0 Å². The maximum atomic E-state index is 12.2. The molecule has 2 fully saturated rings. The number of carbonyl (C=O) groups excluding carboxylic acids is 1. The highest BCUT2D eigenvalue weighted by Crippen LogP contribution is 2.32. The van der Waals surface area contributed by atoms with Gasteiger partial charge in [0.15, 0.2) is 11.5 Å². The van der Waals surface area contributed by atoms with Crippen molar-refractivity contribution in [3.63, 3.8) is 0 Å². The second kappa shape index (κ2) is 10.6. The van der Waals surface area contributed by atoms with Gasteiger partial charge >= 0.3 is 12.0 Å². The average molecular weight is 531 g/mol. The Labute approximate surface area is 224 Å². The quantitative estimate of drug-likeness (QED) is 0.329. The first-order valence-electron chi connectivity index (χ1n) is 13.1. The number of amides is 2. The Morgan fingerprint density at radius 1 is 1.08 bits per heavy atom. The highest BCUT2D eigenvalue weighted by Gasteiger charge is 2.29. The number of anilines is 2. The molecule has 2 aromatic heterocycles. The lowest BCUT2D eigenvalue weighted by molar-refractivity contribution is -0.135. The Bertz CT molecular complexity index is 1500. The van der Waals surface area contributed by atoms with Gasteiger partial charge in [-0.2, -0.15) is 0 Å². The lowest BCUT2D eigenvalue weighted by Gasteiger charge is -2.36. The minimum atomic E-state index is -1.05. The monoisotopic (exact) mass is 530 g/mol. The number of aromatic amines is 1. The van der Waals surface area contributed by atoms with Crippen LogP contribution in [0.25, 0.3) is 21.9 Å². The van der Waals surface area contributed by atoms with E-state index < -0.39 is 5.97 Å². The summed E-state index contributed by atoms with van der Waals surface area (Å²) in [6.45, 7) is 3.42. The molecule has 12 nitrogen and oxygen atoms in total. The molecule has 0 saturated carbocycles. The van der Waals surface area contributed by atoms with Gasteiger partial charge in [0, 0.05) is 43.8 Å². The molecule has 2 amide bonds. The first-order valence-corrected chi connectivity index (χ1v) is 13.1. The number of carbonyl (C=O) groups is 2. The van der Waals surface area contributed by atoms with Crippen LogP contribution in [0.2, 0.25) is 0 Å². The predicted octanol–water partition coefficient (Wildman–Crippen LogP) is 2.47. The van der Waals surface area contributed by atoms with Gasteiger partial charge in [-0.25, -0.2) is 19.7 Å². The van der Waals surface area contributed by atoms with Gasteiger partial charge in [0.2, 0.25) is 0 Å². The summed E-state index contributed by atoms with van der Waals surface area (Å²) in [4.78, 5) is 45.3. The van der Waals surface area contributed by atoms with Crippen molar-refractivity contribution in [3.05, 3.63) is 49.1 Å². The topological polar surface area (TPSA) is 140 Å². The largest absolute Gasteiger partial charge is 0.491 e. The van der Waals surface area contributed by atoms with Gasteiger partial charge in [-0.15, -0.1) is 0 Å². The van der Waals surface area contributed by atoms with Crippen molar-refractivity contribution in [3.8, 4) is 5.75 Å². The third-order valence-electron chi connectivity index (χ3n) is 7.43. The zero-order valence-electron chi connectivity index (χ0n) is 21.4. The van der Waals surface area contributed by atoms with Crippen molar-refractivity contribution < 1.29 is 19.4 Å². The van der Waals surface area contributed by atoms with Crippen molar-refractivity contribution >= 4 is 45.4 Å². The second-order valence-electron chi connectivity index (χ2n) is 9.79. The van der Waals surface area contributed by atoms with E-state index in [0.29, 0.717) is 38.4 Å². The molecule has 2 aromatic carbocycles. The number of ether oxygens (including phenoxy) is 1. The van der Waals surface area contributed by atoms with E-state index in [9.17, 15) is 9.59 Å². The molecule has 1 unspecified atom stereocenters. The molecule has 1 atom stereocenters. The molecule has 2 saturated heterocycles. The molecule has 3 N–H and O–H groups in total. The first-order chi connectivity index (χ1) is 19.1. The Balaban J connectivity index is 1.14. The molecule has 202 valence electrons. The lowest BCUT2D eigenvalue weighted by Crippen LogP contribution is -2.52. The Morgan fingerprint density at radius 3 is 2.79 bits per heavy atom. The third-order valence-corrected chi connectivity index (χ3v) is 7.43. The highest BCUT2D eigenvalue weighted by molar-refractivity contribution is 5.91. The summed E-state index contributed by atoms with van der Waals surface area (Å²) >= 11 is 0. The lowest BCUT2D eigenvalue weighted by atomic mass is 10.1. The number of urea groups is 1. The van der Waals surface area contributed by atoms with Gasteiger partial charge in [-0.3, -0.25) is 4.79 Å². The van der Waals surface area contributed by atoms with E-state index in [1.807, 2.05) is 12.1 Å². The van der Waals surface area contributed by atoms with Crippen LogP contribution in [0.3, 0.4) is 0 Å². The molecule has 0 spiro atoms. The third kappa shape index (κ3) is 5.09. The van der Waals surface area contributed by atoms with Crippen LogP contribution >= 0.6 is 0 Å². The molecule has 2 aliphatic rings. The number of piperazine rings is 1. The fraction of sp³-hybridized carbons (Fsp3) is 0.370. The number of aromatic nitrogens is 4. The van der Waals surface area contributed by atoms with Crippen LogP contribution in [-0.4, -0.2) is 93.9 Å². The second-order valence-corrected chi connectivity index (χ2v) is 9.79. The fourth-order valence-corrected chi connectivity index (χ4v) is 5.43. The molecular weight excluding hydrogens is 500 g/mol. The molecule has 6 rings (SSSR count). The van der Waals surface area contributed by atoms with Gasteiger partial charge in [0.25, 0.3) is 0 Å². The SMILES string of the molecule is O=C(O)CNC(=O)N1CCN(c2ccc3cccc(OCC4CCCN4c4ncnc5nc[nH]c45)c3c2)CC1. The number of carboxylic acids is 1. The Hall–Kier alpha value is -4.61. The Morgan fingerprint density at radius 2 is 1.95 bits per heavy atom. The first kappa shape index (κ1) is 24.7. The molecule has 0 bridgehead atoms. The smallest absolute Gasteiger partial charge is 0.323 e. The van der Waals surface area contributed by atoms with Crippen molar-refractivity contribution in [2.45, 2.75) is 18.9 Å². The van der Waals surface area contributed by atoms with Crippen molar-refractivity contribution in [1.29, 1.82) is 0 Å². The maximum Gasteiger partial charge on any atom is 0.323 e. The number of imidazole rings is 1. The number of fused-ring (bicyclic) bond motifs is 2. The van der Waals surface area contributed by atoms with Crippen LogP contribution in [0.5, 0.6) is 5.75 Å². The van der Waals surface area contributed by atoms with Crippen LogP contribution < -0.4 is 19.9 Å². The molecule has 0 radical (unpaired) electrons. The van der Waals surface area contributed by atoms with E-state index in [-0.39, 0.29) is 18.6 Å². The summed E-state index contributed by atoms with van der Waals surface area (Å²) in [6.07, 6.45) is 5.28. The molecule has 4 heterocycles. The summed E-state index contributed by atoms with van der Waals surface area (Å²) in [7, 11) is 0. The summed E-state index contributed by atoms with van der Waals surface area (Å²) < 4.78 is 6.45. The van der Waals surface area contributed by atoms with E-state index in [2.05, 4.69) is 59.3 Å². The van der Waals surface area contributed by atoms with Gasteiger partial charge in [-0.05, 0) is 36.4 Å². The van der Waals surface area contributed by atoms with Crippen molar-refractivity contribution in [2.24, 2.45) is 0 Å². The number of aliphatic carboxylic acids is 1. The number of hydrogen-bond donors (Lipinski definition) is 3. The van der Waals surface area contributed by atoms with E-state index in [0.717, 1.165) is 52.9 Å². The molecule has 0 aliphatic carbocycles. The fourth-order valence-electron chi connectivity index (χ4n) is 5.43. The molecule has 12 heteroatoms. The standard InChI is InChI=1S/C27H30N8O4/c36-23(37)14-28-27(38)34-11-9-33(10-12-34)19-7-6-18-3-1-5-22(21(18)13-19)39-15-20-4-2-8-35(20)26-24-25(30-16-29-24)31-17-32-26/h1,3,5-7,13,16-17,20H,2,4,8-12,14-15H2,(H,28,38)(H,36,37)(H,29,30,31,32). The molecule has 39 heavy (non-hydrogen) atoms. The van der Waals surface area contributed by atoms with E-state index in [1.165, 1.54) is 0 Å². The maximum absolute atomic E-state index is 12.2. The number of nitrogens with one attached hydrogen (secondary N) is 2. The summed E-state index contributed by atoms with van der Waals surface area (Å²) in [5, 5.41) is 13.4. The Kier molecular flexibility index (Phi) is 6.74. The van der Waals surface area contributed by atoms with E-state index in [1.54, 1.807) is 17.6 Å². The van der Waals surface area contributed by atoms with Crippen LogP contribution in [0.4, 0.5) is 16.3 Å². The van der Waals surface area contributed by atoms with Gasteiger partial charge < -0.3 is 34.8 Å². The van der Waals surface area contributed by atoms with Crippen molar-refractivity contribution in [2.75, 3.05) is 55.7 Å². The predicted molar refractivity (Wildman–Crippen MR) is 146 cm³/mol. The summed E-state index contributed by atoms with van der Waals surface area (Å²) in [5.74, 6) is 0.641. The normalized spacial score (nSPS) is 17.6. The number of rotatable bonds is 7. The van der Waals surface area contributed by atoms with E-state index in [4.69, 9.17) is 9.84 Å². The molecule has 2 aliphatic heterocycles. The molecule has 4 aromatic rings. The number of hydrogen-bond acceptors (Lipinski definition) is 8. The van der Waals surface area contributed by atoms with Gasteiger partial charge in [0.1, 0.15) is 30.7 Å². The zero-order chi connectivity index (χ0) is 26.8. The van der Waals surface area contributed by atoms with Crippen LogP contribution in [-0.2, 0) is 4.79 Å². The van der Waals surface area contributed by atoms with Crippen molar-refractivity contribution in [1.82, 2.24) is 30.2 Å². The van der Waals surface area contributed by atoms with Crippen LogP contribution in [0.15, 0.2) is 49.1 Å². The van der Waals surface area contributed by atoms with E-state index >= 15 is 0 Å². The average Bonchev–Trinajstić information content (AvgIpc) is 3.64. The van der Waals surface area contributed by atoms with Gasteiger partial charge in [-0.1, -0.05) is 18.2 Å². The number of carboxylic acid groups (broad SMARTS) is 1. The van der Waals surface area contributed by atoms with Crippen LogP contribution in [0.1, 0.15) is 12.8 Å². The highest BCUT2D eigenvalue weighted by atomic mass is 16.5. The summed E-state index contributed by atoms with van der Waals surface area (Å²) in [5.41, 5.74) is 2.57. The minimum Gasteiger partial charge on any atom is -0.491 e. The number of nitrogens with zero attached hydrogens (tertiary/aromatic N) is 6. The van der Waals surface area contributed by atoms with Gasteiger partial charge in [0.05, 0.1) is 12.4 Å². The number of benzene rings is 2.